The van der Waals surface area contributed by atoms with Crippen LogP contribution in [-0.2, 0) is 19.2 Å². The number of allylic oxidation sites excluding steroid dienone is 4. The zero-order valence-corrected chi connectivity index (χ0v) is 26.3. The van der Waals surface area contributed by atoms with Crippen molar-refractivity contribution in [2.75, 3.05) is 6.61 Å². The fourth-order valence-electron chi connectivity index (χ4n) is 4.56. The van der Waals surface area contributed by atoms with Gasteiger partial charge in [0.25, 0.3) is 0 Å². The molecule has 1 unspecified atom stereocenters. The van der Waals surface area contributed by atoms with Crippen LogP contribution in [0.1, 0.15) is 82.5 Å². The summed E-state index contributed by atoms with van der Waals surface area (Å²) in [6.45, 7) is 11.7. The van der Waals surface area contributed by atoms with Gasteiger partial charge in [0.1, 0.15) is 0 Å². The van der Waals surface area contributed by atoms with Gasteiger partial charge in [-0.25, -0.2) is 8.78 Å². The van der Waals surface area contributed by atoms with E-state index in [9.17, 15) is 33.1 Å². The standard InChI is InChI=1S/C24H30F2N2O3.C7H6O2.C3H8O/c1-6-16(7-13(2)3)24(31)28-20(10-21(29)30)18-8-17(9-19(25)23(18)26)22-14(4)11-27-12-15(22)5;8-5-6-3-1-2-4-7(6)9;1-2-3-4/h8-9,11-13,16,20H,6-7,10H2,1-5H3,(H,28,31)(H,29,30);1-3,5H,4H2;4H,2-3H2,1H3/t16-,20?;;/m0../s1. The number of carboxylic acid groups (broad SMARTS) is 1. The first-order valence-electron chi connectivity index (χ1n) is 14.7. The lowest BCUT2D eigenvalue weighted by Crippen LogP contribution is -2.36. The molecule has 1 amide bonds. The van der Waals surface area contributed by atoms with Crippen LogP contribution in [-0.4, -0.2) is 45.7 Å². The molecule has 0 saturated carbocycles. The number of nitrogens with zero attached hydrogens (tertiary/aromatic N) is 1. The van der Waals surface area contributed by atoms with Crippen molar-refractivity contribution in [2.24, 2.45) is 11.8 Å². The van der Waals surface area contributed by atoms with E-state index in [1.807, 2.05) is 41.5 Å². The number of aliphatic hydroxyl groups excluding tert-OH is 1. The van der Waals surface area contributed by atoms with Crippen molar-refractivity contribution in [1.82, 2.24) is 10.3 Å². The smallest absolute Gasteiger partial charge is 0.305 e. The molecule has 0 saturated heterocycles. The second kappa shape index (κ2) is 19.3. The molecule has 3 N–H and O–H groups in total. The molecule has 0 fully saturated rings. The highest BCUT2D eigenvalue weighted by molar-refractivity contribution is 6.13. The first-order valence-corrected chi connectivity index (χ1v) is 14.7. The minimum absolute atomic E-state index is 0.0903. The number of amides is 1. The summed E-state index contributed by atoms with van der Waals surface area (Å²) >= 11 is 0. The third kappa shape index (κ3) is 11.9. The van der Waals surface area contributed by atoms with Crippen molar-refractivity contribution in [3.63, 3.8) is 0 Å². The normalized spacial score (nSPS) is 13.5. The van der Waals surface area contributed by atoms with Crippen molar-refractivity contribution >= 4 is 23.9 Å². The van der Waals surface area contributed by atoms with Crippen LogP contribution >= 0.6 is 0 Å². The van der Waals surface area contributed by atoms with Gasteiger partial charge in [-0.2, -0.15) is 0 Å². The van der Waals surface area contributed by atoms with E-state index in [2.05, 4.69) is 10.3 Å². The van der Waals surface area contributed by atoms with Crippen LogP contribution in [0.25, 0.3) is 11.1 Å². The van der Waals surface area contributed by atoms with Gasteiger partial charge in [-0.3, -0.25) is 24.2 Å². The highest BCUT2D eigenvalue weighted by atomic mass is 19.2. The largest absolute Gasteiger partial charge is 0.481 e. The second-order valence-corrected chi connectivity index (χ2v) is 10.9. The Hall–Kier alpha value is -4.05. The zero-order chi connectivity index (χ0) is 33.4. The molecule has 1 aromatic heterocycles. The zero-order valence-electron chi connectivity index (χ0n) is 26.3. The number of benzene rings is 1. The molecule has 0 aliphatic heterocycles. The quantitative estimate of drug-likeness (QED) is 0.198. The third-order valence-corrected chi connectivity index (χ3v) is 6.75. The van der Waals surface area contributed by atoms with E-state index < -0.39 is 30.1 Å². The lowest BCUT2D eigenvalue weighted by Gasteiger charge is -2.24. The van der Waals surface area contributed by atoms with Crippen molar-refractivity contribution in [2.45, 2.75) is 79.7 Å². The van der Waals surface area contributed by atoms with Crippen LogP contribution in [0.15, 0.2) is 48.3 Å². The van der Waals surface area contributed by atoms with Gasteiger partial charge in [0.15, 0.2) is 23.7 Å². The summed E-state index contributed by atoms with van der Waals surface area (Å²) in [7, 11) is 0. The Kier molecular flexibility index (Phi) is 16.6. The minimum atomic E-state index is -1.22. The van der Waals surface area contributed by atoms with E-state index in [1.54, 1.807) is 24.5 Å². The Morgan fingerprint density at radius 2 is 1.73 bits per heavy atom. The number of aryl methyl sites for hydroxylation is 2. The first-order chi connectivity index (χ1) is 20.8. The van der Waals surface area contributed by atoms with Crippen molar-refractivity contribution in [3.8, 4) is 11.1 Å². The fraction of sp³-hybridized carbons (Fsp3) is 0.441. The Morgan fingerprint density at radius 3 is 2.18 bits per heavy atom. The number of pyridine rings is 1. The number of aliphatic hydroxyl groups is 1. The van der Waals surface area contributed by atoms with Gasteiger partial charge in [0.2, 0.25) is 5.91 Å². The molecule has 2 aromatic rings. The predicted molar refractivity (Wildman–Crippen MR) is 166 cm³/mol. The molecular weight excluding hydrogens is 570 g/mol. The molecule has 2 atom stereocenters. The van der Waals surface area contributed by atoms with E-state index in [4.69, 9.17) is 5.11 Å². The lowest BCUT2D eigenvalue weighted by atomic mass is 9.91. The van der Waals surface area contributed by atoms with E-state index in [0.29, 0.717) is 43.3 Å². The Labute approximate surface area is 258 Å². The summed E-state index contributed by atoms with van der Waals surface area (Å²) in [5, 5.41) is 19.9. The number of aldehydes is 1. The van der Waals surface area contributed by atoms with Gasteiger partial charge < -0.3 is 15.5 Å². The van der Waals surface area contributed by atoms with E-state index in [0.717, 1.165) is 23.6 Å². The number of carbonyl (C=O) groups is 4. The molecule has 1 aliphatic rings. The predicted octanol–water partition coefficient (Wildman–Crippen LogP) is 6.38. The summed E-state index contributed by atoms with van der Waals surface area (Å²) in [5.74, 6) is -3.99. The second-order valence-electron chi connectivity index (χ2n) is 10.9. The van der Waals surface area contributed by atoms with Crippen LogP contribution in [0.4, 0.5) is 8.78 Å². The molecule has 10 heteroatoms. The summed E-state index contributed by atoms with van der Waals surface area (Å²) < 4.78 is 29.4. The minimum Gasteiger partial charge on any atom is -0.481 e. The molecule has 1 aromatic carbocycles. The molecule has 8 nitrogen and oxygen atoms in total. The number of carboxylic acids is 1. The molecule has 240 valence electrons. The van der Waals surface area contributed by atoms with Crippen LogP contribution in [0.2, 0.25) is 0 Å². The molecule has 0 radical (unpaired) electrons. The van der Waals surface area contributed by atoms with Gasteiger partial charge in [-0.1, -0.05) is 39.8 Å². The van der Waals surface area contributed by atoms with Crippen molar-refractivity contribution in [3.05, 3.63) is 76.7 Å². The maximum absolute atomic E-state index is 14.8. The molecule has 1 aliphatic carbocycles. The number of aromatic nitrogens is 1. The maximum Gasteiger partial charge on any atom is 0.305 e. The first kappa shape index (κ1) is 38.0. The van der Waals surface area contributed by atoms with Crippen LogP contribution in [0.5, 0.6) is 0 Å². The van der Waals surface area contributed by atoms with Crippen molar-refractivity contribution < 1.29 is 38.2 Å². The molecule has 3 rings (SSSR count). The molecular formula is C34H44F2N2O6. The number of aliphatic carboxylic acids is 1. The number of hydrogen-bond donors (Lipinski definition) is 3. The summed E-state index contributed by atoms with van der Waals surface area (Å²) in [6, 6.07) is 1.31. The Bertz CT molecular complexity index is 1330. The van der Waals surface area contributed by atoms with Crippen LogP contribution in [0.3, 0.4) is 0 Å². The average molecular weight is 615 g/mol. The maximum atomic E-state index is 14.8. The Morgan fingerprint density at radius 1 is 1.11 bits per heavy atom. The van der Waals surface area contributed by atoms with Gasteiger partial charge in [0.05, 0.1) is 18.0 Å². The van der Waals surface area contributed by atoms with Gasteiger partial charge in [-0.15, -0.1) is 0 Å². The molecule has 0 spiro atoms. The van der Waals surface area contributed by atoms with Crippen LogP contribution in [0, 0.1) is 37.3 Å². The average Bonchev–Trinajstić information content (AvgIpc) is 2.97. The number of nitrogens with one attached hydrogen (secondary N) is 1. The third-order valence-electron chi connectivity index (χ3n) is 6.75. The van der Waals surface area contributed by atoms with Crippen LogP contribution < -0.4 is 5.32 Å². The van der Waals surface area contributed by atoms with Crippen molar-refractivity contribution in [1.29, 1.82) is 0 Å². The molecule has 44 heavy (non-hydrogen) atoms. The van der Waals surface area contributed by atoms with E-state index in [-0.39, 0.29) is 34.7 Å². The number of halogens is 2. The number of carbonyl (C=O) groups excluding carboxylic acids is 3. The number of hydrogen-bond acceptors (Lipinski definition) is 6. The topological polar surface area (TPSA) is 134 Å². The van der Waals surface area contributed by atoms with Gasteiger partial charge in [-0.05, 0) is 79.5 Å². The molecule has 1 heterocycles. The van der Waals surface area contributed by atoms with Gasteiger partial charge in [0, 0.05) is 36.9 Å². The summed E-state index contributed by atoms with van der Waals surface area (Å²) in [4.78, 5) is 49.1. The summed E-state index contributed by atoms with van der Waals surface area (Å²) in [5.41, 5.74) is 2.75. The number of Topliss-reactive ketones (excluding diaryl/α,β-unsaturated/α-hetero) is 1. The number of ketones is 1. The van der Waals surface area contributed by atoms with Gasteiger partial charge >= 0.3 is 5.97 Å². The van der Waals surface area contributed by atoms with E-state index >= 15 is 0 Å². The van der Waals surface area contributed by atoms with E-state index in [1.165, 1.54) is 12.1 Å². The molecule has 0 bridgehead atoms. The summed E-state index contributed by atoms with van der Waals surface area (Å²) in [6.07, 6.45) is 10.7. The number of rotatable bonds is 11. The highest BCUT2D eigenvalue weighted by Crippen LogP contribution is 2.33. The SMILES string of the molecule is CCCO.CC[C@@H](CC(C)C)C(=O)NC(CC(=O)O)c1cc(-c2c(C)cncc2C)cc(F)c1F.O=CC1=CC=CCC1=O. The highest BCUT2D eigenvalue weighted by Gasteiger charge is 2.27. The Balaban J connectivity index is 0.000000615. The lowest BCUT2D eigenvalue weighted by molar-refractivity contribution is -0.138. The monoisotopic (exact) mass is 614 g/mol. The fourth-order valence-corrected chi connectivity index (χ4v) is 4.56.